The highest BCUT2D eigenvalue weighted by atomic mass is 16.6. The molecule has 0 unspecified atom stereocenters. The minimum Gasteiger partial charge on any atom is -0.395 e. The predicted octanol–water partition coefficient (Wildman–Crippen LogP) is 0.876. The Balaban J connectivity index is 3.16. The summed E-state index contributed by atoms with van der Waals surface area (Å²) in [6.07, 6.45) is 1.82. The second-order valence-electron chi connectivity index (χ2n) is 4.11. The average molecular weight is 282 g/mol. The normalized spacial score (nSPS) is 10.2. The van der Waals surface area contributed by atoms with Crippen molar-refractivity contribution in [2.24, 2.45) is 0 Å². The van der Waals surface area contributed by atoms with E-state index in [0.717, 1.165) is 12.6 Å². The van der Waals surface area contributed by atoms with Crippen molar-refractivity contribution in [1.29, 1.82) is 0 Å². The molecule has 110 valence electrons. The van der Waals surface area contributed by atoms with E-state index in [1.807, 2.05) is 6.92 Å². The van der Waals surface area contributed by atoms with E-state index in [1.165, 1.54) is 11.0 Å². The summed E-state index contributed by atoms with van der Waals surface area (Å²) in [5.41, 5.74) is -0.114. The third kappa shape index (κ3) is 3.64. The maximum absolute atomic E-state index is 12.4. The molecule has 0 saturated carbocycles. The van der Waals surface area contributed by atoms with Gasteiger partial charge in [-0.05, 0) is 6.42 Å². The molecular formula is C12H18N4O4. The summed E-state index contributed by atoms with van der Waals surface area (Å²) in [5, 5.41) is 22.5. The molecule has 0 fully saturated rings. The van der Waals surface area contributed by atoms with Gasteiger partial charge in [0.1, 0.15) is 12.0 Å². The number of rotatable bonds is 7. The molecule has 0 saturated heterocycles. The van der Waals surface area contributed by atoms with Gasteiger partial charge in [-0.1, -0.05) is 6.92 Å². The smallest absolute Gasteiger partial charge is 0.288 e. The summed E-state index contributed by atoms with van der Waals surface area (Å²) < 4.78 is 0. The van der Waals surface area contributed by atoms with E-state index in [2.05, 4.69) is 10.3 Å². The Morgan fingerprint density at radius 3 is 2.75 bits per heavy atom. The van der Waals surface area contributed by atoms with Crippen LogP contribution < -0.4 is 5.32 Å². The lowest BCUT2D eigenvalue weighted by molar-refractivity contribution is -0.385. The molecule has 8 heteroatoms. The molecule has 0 aliphatic heterocycles. The molecule has 0 radical (unpaired) electrons. The van der Waals surface area contributed by atoms with Gasteiger partial charge in [0, 0.05) is 26.2 Å². The molecule has 8 nitrogen and oxygen atoms in total. The Morgan fingerprint density at radius 2 is 2.25 bits per heavy atom. The summed E-state index contributed by atoms with van der Waals surface area (Å²) in [7, 11) is 1.58. The first-order valence-corrected chi connectivity index (χ1v) is 6.27. The Labute approximate surface area is 116 Å². The first-order chi connectivity index (χ1) is 9.54. The number of nitrogens with one attached hydrogen (secondary N) is 1. The topological polar surface area (TPSA) is 109 Å². The van der Waals surface area contributed by atoms with Crippen LogP contribution in [-0.4, -0.2) is 52.6 Å². The highest BCUT2D eigenvalue weighted by molar-refractivity contribution is 5.99. The van der Waals surface area contributed by atoms with E-state index in [0.29, 0.717) is 6.54 Å². The fourth-order valence-electron chi connectivity index (χ4n) is 1.79. The number of aliphatic hydroxyl groups is 1. The van der Waals surface area contributed by atoms with Gasteiger partial charge in [-0.2, -0.15) is 0 Å². The second-order valence-corrected chi connectivity index (χ2v) is 4.11. The van der Waals surface area contributed by atoms with E-state index in [9.17, 15) is 14.9 Å². The van der Waals surface area contributed by atoms with Crippen LogP contribution in [0.25, 0.3) is 0 Å². The Kier molecular flexibility index (Phi) is 5.85. The fraction of sp³-hybridized carbons (Fsp3) is 0.500. The van der Waals surface area contributed by atoms with Gasteiger partial charge in [0.25, 0.3) is 11.6 Å². The zero-order chi connectivity index (χ0) is 15.1. The van der Waals surface area contributed by atoms with Crippen molar-refractivity contribution in [3.63, 3.8) is 0 Å². The largest absolute Gasteiger partial charge is 0.395 e. The van der Waals surface area contributed by atoms with Gasteiger partial charge in [-0.15, -0.1) is 0 Å². The molecule has 1 aromatic rings. The van der Waals surface area contributed by atoms with Gasteiger partial charge in [0.15, 0.2) is 0 Å². The number of aromatic nitrogens is 1. The van der Waals surface area contributed by atoms with Crippen LogP contribution in [0.2, 0.25) is 0 Å². The summed E-state index contributed by atoms with van der Waals surface area (Å²) in [5.74, 6) is -0.110. The zero-order valence-electron chi connectivity index (χ0n) is 11.5. The molecular weight excluding hydrogens is 264 g/mol. The Hall–Kier alpha value is -2.22. The van der Waals surface area contributed by atoms with Crippen LogP contribution in [0.4, 0.5) is 11.5 Å². The van der Waals surface area contributed by atoms with Crippen molar-refractivity contribution in [3.05, 3.63) is 27.9 Å². The lowest BCUT2D eigenvalue weighted by Gasteiger charge is -2.21. The quantitative estimate of drug-likeness (QED) is 0.567. The standard InChI is InChI=1S/C12H18N4O4/c1-3-4-15(5-6-17)12(18)10-7-9(16(19)20)8-14-11(10)13-2/h7-8,17H,3-6H2,1-2H3,(H,13,14). The van der Waals surface area contributed by atoms with Gasteiger partial charge in [-0.3, -0.25) is 14.9 Å². The zero-order valence-corrected chi connectivity index (χ0v) is 11.5. The first kappa shape index (κ1) is 15.8. The lowest BCUT2D eigenvalue weighted by atomic mass is 10.2. The number of hydrogen-bond acceptors (Lipinski definition) is 6. The lowest BCUT2D eigenvalue weighted by Crippen LogP contribution is -2.34. The van der Waals surface area contributed by atoms with E-state index >= 15 is 0 Å². The first-order valence-electron chi connectivity index (χ1n) is 6.27. The molecule has 0 aromatic carbocycles. The van der Waals surface area contributed by atoms with Gasteiger partial charge < -0.3 is 15.3 Å². The van der Waals surface area contributed by atoms with E-state index < -0.39 is 4.92 Å². The van der Waals surface area contributed by atoms with Gasteiger partial charge >= 0.3 is 0 Å². The third-order valence-corrected chi connectivity index (χ3v) is 2.70. The highest BCUT2D eigenvalue weighted by Crippen LogP contribution is 2.20. The van der Waals surface area contributed by atoms with E-state index in [-0.39, 0.29) is 36.1 Å². The van der Waals surface area contributed by atoms with Crippen LogP contribution in [0, 0.1) is 10.1 Å². The highest BCUT2D eigenvalue weighted by Gasteiger charge is 2.21. The van der Waals surface area contributed by atoms with Crippen LogP contribution in [0.3, 0.4) is 0 Å². The van der Waals surface area contributed by atoms with Crippen LogP contribution in [0.5, 0.6) is 0 Å². The van der Waals surface area contributed by atoms with Gasteiger partial charge in [0.2, 0.25) is 0 Å². The third-order valence-electron chi connectivity index (χ3n) is 2.70. The number of aliphatic hydroxyl groups excluding tert-OH is 1. The molecule has 2 N–H and O–H groups in total. The fourth-order valence-corrected chi connectivity index (χ4v) is 1.79. The summed E-state index contributed by atoms with van der Waals surface area (Å²) >= 11 is 0. The van der Waals surface area contributed by atoms with Crippen molar-refractivity contribution in [2.45, 2.75) is 13.3 Å². The minimum atomic E-state index is -0.598. The number of anilines is 1. The molecule has 1 heterocycles. The molecule has 0 spiro atoms. The number of carbonyl (C=O) groups excluding carboxylic acids is 1. The molecule has 0 aliphatic rings. The monoisotopic (exact) mass is 282 g/mol. The Morgan fingerprint density at radius 1 is 1.55 bits per heavy atom. The molecule has 20 heavy (non-hydrogen) atoms. The molecule has 0 aliphatic carbocycles. The predicted molar refractivity (Wildman–Crippen MR) is 73.7 cm³/mol. The van der Waals surface area contributed by atoms with Crippen molar-refractivity contribution in [3.8, 4) is 0 Å². The summed E-state index contributed by atoms with van der Waals surface area (Å²) in [6.45, 7) is 2.38. The maximum atomic E-state index is 12.4. The minimum absolute atomic E-state index is 0.128. The molecule has 1 aromatic heterocycles. The number of nitro groups is 1. The SMILES string of the molecule is CCCN(CCO)C(=O)c1cc([N+](=O)[O-])cnc1NC. The van der Waals surface area contributed by atoms with Crippen molar-refractivity contribution in [1.82, 2.24) is 9.88 Å². The number of pyridine rings is 1. The molecule has 0 atom stereocenters. The molecule has 1 rings (SSSR count). The van der Waals surface area contributed by atoms with Crippen molar-refractivity contribution < 1.29 is 14.8 Å². The summed E-state index contributed by atoms with van der Waals surface area (Å²) in [4.78, 5) is 27.9. The molecule has 0 bridgehead atoms. The van der Waals surface area contributed by atoms with Crippen LogP contribution in [0.1, 0.15) is 23.7 Å². The average Bonchev–Trinajstić information content (AvgIpc) is 2.45. The van der Waals surface area contributed by atoms with Crippen molar-refractivity contribution >= 4 is 17.4 Å². The van der Waals surface area contributed by atoms with Crippen molar-refractivity contribution in [2.75, 3.05) is 32.1 Å². The van der Waals surface area contributed by atoms with Crippen LogP contribution in [0.15, 0.2) is 12.3 Å². The number of amides is 1. The van der Waals surface area contributed by atoms with E-state index in [1.54, 1.807) is 7.05 Å². The summed E-state index contributed by atoms with van der Waals surface area (Å²) in [6, 6.07) is 1.20. The number of nitrogens with zero attached hydrogens (tertiary/aromatic N) is 3. The van der Waals surface area contributed by atoms with Gasteiger partial charge in [-0.25, -0.2) is 4.98 Å². The maximum Gasteiger partial charge on any atom is 0.288 e. The molecule has 1 amide bonds. The van der Waals surface area contributed by atoms with E-state index in [4.69, 9.17) is 5.11 Å². The van der Waals surface area contributed by atoms with Crippen LogP contribution >= 0.6 is 0 Å². The Bertz CT molecular complexity index is 486. The number of carbonyl (C=O) groups is 1. The number of hydrogen-bond donors (Lipinski definition) is 2. The van der Waals surface area contributed by atoms with Crippen LogP contribution in [-0.2, 0) is 0 Å². The second kappa shape index (κ2) is 7.39. The van der Waals surface area contributed by atoms with Gasteiger partial charge in [0.05, 0.1) is 17.1 Å².